The Morgan fingerprint density at radius 2 is 2.06 bits per heavy atom. The van der Waals surface area contributed by atoms with Crippen molar-refractivity contribution in [1.82, 2.24) is 10.2 Å². The second-order valence-corrected chi connectivity index (χ2v) is 6.46. The van der Waals surface area contributed by atoms with Crippen molar-refractivity contribution in [2.24, 2.45) is 11.3 Å². The average Bonchev–Trinajstić information content (AvgIpc) is 2.39. The van der Waals surface area contributed by atoms with E-state index in [1.54, 1.807) is 0 Å². The molecule has 2 amide bonds. The lowest BCUT2D eigenvalue weighted by molar-refractivity contribution is -0.136. The molecule has 0 aromatic heterocycles. The van der Waals surface area contributed by atoms with E-state index < -0.39 is 0 Å². The van der Waals surface area contributed by atoms with E-state index in [0.29, 0.717) is 13.0 Å². The Hall–Kier alpha value is -1.06. The summed E-state index contributed by atoms with van der Waals surface area (Å²) >= 11 is 0. The molecule has 1 N–H and O–H groups in total. The first-order chi connectivity index (χ1) is 8.41. The van der Waals surface area contributed by atoms with Crippen LogP contribution < -0.4 is 5.32 Å². The molecule has 0 radical (unpaired) electrons. The predicted octanol–water partition coefficient (Wildman–Crippen LogP) is 1.55. The van der Waals surface area contributed by atoms with Gasteiger partial charge in [-0.25, -0.2) is 0 Å². The van der Waals surface area contributed by atoms with Gasteiger partial charge in [0.15, 0.2) is 0 Å². The summed E-state index contributed by atoms with van der Waals surface area (Å²) in [5.74, 6) is 0.253. The van der Waals surface area contributed by atoms with Crippen molar-refractivity contribution in [3.8, 4) is 0 Å². The Kier molecular flexibility index (Phi) is 3.64. The molecule has 1 unspecified atom stereocenters. The highest BCUT2D eigenvalue weighted by Crippen LogP contribution is 2.41. The van der Waals surface area contributed by atoms with Crippen LogP contribution in [0.25, 0.3) is 0 Å². The van der Waals surface area contributed by atoms with Crippen molar-refractivity contribution in [3.05, 3.63) is 0 Å². The molecule has 1 aliphatic heterocycles. The third kappa shape index (κ3) is 2.68. The van der Waals surface area contributed by atoms with E-state index >= 15 is 0 Å². The third-order valence-corrected chi connectivity index (χ3v) is 4.30. The van der Waals surface area contributed by atoms with E-state index in [0.717, 1.165) is 6.54 Å². The van der Waals surface area contributed by atoms with Crippen molar-refractivity contribution in [1.29, 1.82) is 0 Å². The maximum absolute atomic E-state index is 12.5. The molecular formula is C14H24N2O2. The minimum Gasteiger partial charge on any atom is -0.344 e. The topological polar surface area (TPSA) is 49.4 Å². The van der Waals surface area contributed by atoms with Crippen LogP contribution in [0, 0.1) is 11.3 Å². The molecule has 2 fully saturated rings. The first-order valence-electron chi connectivity index (χ1n) is 6.99. The molecule has 2 aliphatic rings. The highest BCUT2D eigenvalue weighted by Gasteiger charge is 2.38. The lowest BCUT2D eigenvalue weighted by Gasteiger charge is -2.42. The summed E-state index contributed by atoms with van der Waals surface area (Å²) < 4.78 is 0. The number of carbonyl (C=O) groups excluding carboxylic acids is 2. The van der Waals surface area contributed by atoms with Crippen LogP contribution in [0.5, 0.6) is 0 Å². The predicted molar refractivity (Wildman–Crippen MR) is 69.9 cm³/mol. The van der Waals surface area contributed by atoms with Crippen molar-refractivity contribution >= 4 is 11.8 Å². The van der Waals surface area contributed by atoms with E-state index in [2.05, 4.69) is 12.2 Å². The molecular weight excluding hydrogens is 228 g/mol. The minimum absolute atomic E-state index is 0.00307. The van der Waals surface area contributed by atoms with Crippen molar-refractivity contribution in [3.63, 3.8) is 0 Å². The fourth-order valence-electron chi connectivity index (χ4n) is 2.86. The Bertz CT molecular complexity index is 348. The van der Waals surface area contributed by atoms with Gasteiger partial charge < -0.3 is 10.2 Å². The van der Waals surface area contributed by atoms with Crippen LogP contribution in [0.3, 0.4) is 0 Å². The van der Waals surface area contributed by atoms with Crippen LogP contribution in [0.15, 0.2) is 0 Å². The summed E-state index contributed by atoms with van der Waals surface area (Å²) in [4.78, 5) is 26.0. The lowest BCUT2D eigenvalue weighted by atomic mass is 9.70. The fraction of sp³-hybridized carbons (Fsp3) is 0.857. The number of nitrogens with one attached hydrogen (secondary N) is 1. The van der Waals surface area contributed by atoms with Gasteiger partial charge in [-0.15, -0.1) is 0 Å². The van der Waals surface area contributed by atoms with E-state index in [1.165, 1.54) is 19.3 Å². The van der Waals surface area contributed by atoms with Crippen molar-refractivity contribution in [2.45, 2.75) is 52.5 Å². The normalized spacial score (nSPS) is 27.8. The molecule has 1 saturated carbocycles. The van der Waals surface area contributed by atoms with Crippen LogP contribution in [0.1, 0.15) is 46.5 Å². The van der Waals surface area contributed by atoms with Crippen LogP contribution >= 0.6 is 0 Å². The summed E-state index contributed by atoms with van der Waals surface area (Å²) in [7, 11) is 0. The van der Waals surface area contributed by atoms with E-state index in [-0.39, 0.29) is 29.2 Å². The third-order valence-electron chi connectivity index (χ3n) is 4.30. The molecule has 0 aromatic carbocycles. The molecule has 0 spiro atoms. The van der Waals surface area contributed by atoms with Gasteiger partial charge in [-0.2, -0.15) is 0 Å². The van der Waals surface area contributed by atoms with E-state index in [4.69, 9.17) is 0 Å². The molecule has 18 heavy (non-hydrogen) atoms. The number of nitrogens with zero attached hydrogens (tertiary/aromatic N) is 1. The molecule has 1 atom stereocenters. The molecule has 2 rings (SSSR count). The number of carbonyl (C=O) groups is 2. The summed E-state index contributed by atoms with van der Waals surface area (Å²) in [6, 6.07) is -0.344. The van der Waals surface area contributed by atoms with Gasteiger partial charge in [0.05, 0.1) is 0 Å². The first-order valence-corrected chi connectivity index (χ1v) is 6.99. The van der Waals surface area contributed by atoms with Crippen LogP contribution in [0.4, 0.5) is 0 Å². The Labute approximate surface area is 109 Å². The highest BCUT2D eigenvalue weighted by atomic mass is 16.2. The zero-order chi connectivity index (χ0) is 13.3. The van der Waals surface area contributed by atoms with Gasteiger partial charge in [0.1, 0.15) is 6.04 Å². The smallest absolute Gasteiger partial charge is 0.245 e. The number of hydrogen-bond donors (Lipinski definition) is 1. The Balaban J connectivity index is 2.08. The highest BCUT2D eigenvalue weighted by molar-refractivity contribution is 5.90. The van der Waals surface area contributed by atoms with Gasteiger partial charge in [-0.05, 0) is 24.2 Å². The van der Waals surface area contributed by atoms with E-state index in [1.807, 2.05) is 18.7 Å². The maximum Gasteiger partial charge on any atom is 0.245 e. The Morgan fingerprint density at radius 3 is 2.56 bits per heavy atom. The summed E-state index contributed by atoms with van der Waals surface area (Å²) in [5, 5.41) is 2.85. The minimum atomic E-state index is -0.344. The quantitative estimate of drug-likeness (QED) is 0.828. The Morgan fingerprint density at radius 1 is 1.39 bits per heavy atom. The van der Waals surface area contributed by atoms with E-state index in [9.17, 15) is 9.59 Å². The molecule has 4 nitrogen and oxygen atoms in total. The van der Waals surface area contributed by atoms with Gasteiger partial charge in [-0.1, -0.05) is 27.2 Å². The monoisotopic (exact) mass is 252 g/mol. The number of amides is 2. The molecule has 0 aromatic rings. The molecule has 0 bridgehead atoms. The molecule has 1 aliphatic carbocycles. The first kappa shape index (κ1) is 13.4. The number of hydrogen-bond acceptors (Lipinski definition) is 2. The number of rotatable bonds is 3. The average molecular weight is 252 g/mol. The zero-order valence-corrected chi connectivity index (χ0v) is 11.7. The van der Waals surface area contributed by atoms with Crippen LogP contribution in [0.2, 0.25) is 0 Å². The molecule has 4 heteroatoms. The van der Waals surface area contributed by atoms with Crippen molar-refractivity contribution < 1.29 is 9.59 Å². The zero-order valence-electron chi connectivity index (χ0n) is 11.7. The summed E-state index contributed by atoms with van der Waals surface area (Å²) in [5.41, 5.74) is 0.282. The second-order valence-electron chi connectivity index (χ2n) is 6.46. The van der Waals surface area contributed by atoms with Gasteiger partial charge in [0.2, 0.25) is 11.8 Å². The molecule has 102 valence electrons. The van der Waals surface area contributed by atoms with Crippen LogP contribution in [-0.4, -0.2) is 35.8 Å². The molecule has 1 heterocycles. The summed E-state index contributed by atoms with van der Waals surface area (Å²) in [6.45, 7) is 7.59. The SMILES string of the molecule is CC(C)C1NC(=O)CCN(CC2(C)CCC2)C1=O. The fourth-order valence-corrected chi connectivity index (χ4v) is 2.86. The second kappa shape index (κ2) is 4.90. The van der Waals surface area contributed by atoms with Gasteiger partial charge in [0.25, 0.3) is 0 Å². The van der Waals surface area contributed by atoms with Crippen molar-refractivity contribution in [2.75, 3.05) is 13.1 Å². The summed E-state index contributed by atoms with van der Waals surface area (Å²) in [6.07, 6.45) is 4.10. The van der Waals surface area contributed by atoms with Gasteiger partial charge in [-0.3, -0.25) is 9.59 Å². The largest absolute Gasteiger partial charge is 0.344 e. The van der Waals surface area contributed by atoms with Gasteiger partial charge in [0, 0.05) is 19.5 Å². The maximum atomic E-state index is 12.5. The standard InChI is InChI=1S/C14H24N2O2/c1-10(2)12-13(18)16(8-5-11(17)15-12)9-14(3)6-4-7-14/h10,12H,4-9H2,1-3H3,(H,15,17). The lowest BCUT2D eigenvalue weighted by Crippen LogP contribution is -2.51. The van der Waals surface area contributed by atoms with Crippen LogP contribution in [-0.2, 0) is 9.59 Å². The molecule has 1 saturated heterocycles. The van der Waals surface area contributed by atoms with Gasteiger partial charge >= 0.3 is 0 Å².